The van der Waals surface area contributed by atoms with Gasteiger partial charge >= 0.3 is 5.97 Å². The standard InChI is InChI=1S/C31H31Cl2F2N3O4/c1-31(2,3)15-26(21(16-36)20-10-9-19(32)14-23(20)34)37-25(12-17-6-5-7-22(33)28(17)35)29(39)38-24-11-8-18(30(40)41)13-27(24)42-4/h5-11,13-14,21,25-26,37H,12,15H2,1-4H3,(H,38,39)(H,40,41)/t21-,25-,26+/m1/s1. The molecule has 3 atom stereocenters. The zero-order chi connectivity index (χ0) is 31.2. The van der Waals surface area contributed by atoms with Crippen LogP contribution in [-0.2, 0) is 11.2 Å². The van der Waals surface area contributed by atoms with Gasteiger partial charge in [0.1, 0.15) is 17.4 Å². The molecule has 0 spiro atoms. The Hall–Kier alpha value is -3.71. The molecule has 1 amide bonds. The number of hydrogen-bond acceptors (Lipinski definition) is 5. The molecule has 11 heteroatoms. The van der Waals surface area contributed by atoms with Gasteiger partial charge in [-0.25, -0.2) is 13.6 Å². The molecule has 0 heterocycles. The molecule has 0 fully saturated rings. The van der Waals surface area contributed by atoms with E-state index in [1.54, 1.807) is 6.07 Å². The number of rotatable bonds is 11. The van der Waals surface area contributed by atoms with Crippen molar-refractivity contribution in [1.82, 2.24) is 5.32 Å². The van der Waals surface area contributed by atoms with Gasteiger partial charge in [0.15, 0.2) is 0 Å². The molecule has 0 saturated heterocycles. The quantitative estimate of drug-likeness (QED) is 0.209. The minimum atomic E-state index is -1.18. The van der Waals surface area contributed by atoms with Crippen LogP contribution >= 0.6 is 23.2 Å². The number of nitrogens with one attached hydrogen (secondary N) is 2. The largest absolute Gasteiger partial charge is 0.495 e. The topological polar surface area (TPSA) is 111 Å². The van der Waals surface area contributed by atoms with E-state index in [4.69, 9.17) is 27.9 Å². The second-order valence-corrected chi connectivity index (χ2v) is 11.8. The summed E-state index contributed by atoms with van der Waals surface area (Å²) in [4.78, 5) is 25.2. The number of anilines is 1. The second-order valence-electron chi connectivity index (χ2n) is 11.0. The number of ether oxygens (including phenoxy) is 1. The summed E-state index contributed by atoms with van der Waals surface area (Å²) in [7, 11) is 1.32. The Morgan fingerprint density at radius 1 is 1.10 bits per heavy atom. The lowest BCUT2D eigenvalue weighted by Gasteiger charge is -2.33. The minimum Gasteiger partial charge on any atom is -0.495 e. The highest BCUT2D eigenvalue weighted by Gasteiger charge is 2.34. The van der Waals surface area contributed by atoms with Crippen LogP contribution < -0.4 is 15.4 Å². The van der Waals surface area contributed by atoms with Crippen molar-refractivity contribution in [3.05, 3.63) is 93.0 Å². The number of amides is 1. The Labute approximate surface area is 253 Å². The molecule has 7 nitrogen and oxygen atoms in total. The van der Waals surface area contributed by atoms with Gasteiger partial charge in [0.2, 0.25) is 5.91 Å². The van der Waals surface area contributed by atoms with Crippen LogP contribution in [0.4, 0.5) is 14.5 Å². The molecule has 0 aliphatic heterocycles. The fourth-order valence-corrected chi connectivity index (χ4v) is 4.97. The molecular formula is C31H31Cl2F2N3O4. The Bertz CT molecular complexity index is 1500. The molecule has 0 bridgehead atoms. The zero-order valence-electron chi connectivity index (χ0n) is 23.5. The van der Waals surface area contributed by atoms with Gasteiger partial charge in [-0.1, -0.05) is 62.2 Å². The first-order chi connectivity index (χ1) is 19.7. The first kappa shape index (κ1) is 32.8. The van der Waals surface area contributed by atoms with E-state index >= 15 is 4.39 Å². The van der Waals surface area contributed by atoms with E-state index in [1.807, 2.05) is 20.8 Å². The van der Waals surface area contributed by atoms with Crippen molar-refractivity contribution in [3.63, 3.8) is 0 Å². The van der Waals surface area contributed by atoms with Crippen LogP contribution in [0.1, 0.15) is 54.6 Å². The normalized spacial score (nSPS) is 13.5. The summed E-state index contributed by atoms with van der Waals surface area (Å²) in [6.45, 7) is 5.82. The smallest absolute Gasteiger partial charge is 0.335 e. The van der Waals surface area contributed by atoms with Crippen molar-refractivity contribution in [1.29, 1.82) is 5.26 Å². The highest BCUT2D eigenvalue weighted by molar-refractivity contribution is 6.31. The number of aromatic carboxylic acids is 1. The molecule has 3 N–H and O–H groups in total. The van der Waals surface area contributed by atoms with Gasteiger partial charge in [0.05, 0.1) is 41.4 Å². The van der Waals surface area contributed by atoms with Gasteiger partial charge in [-0.15, -0.1) is 0 Å². The van der Waals surface area contributed by atoms with E-state index in [0.29, 0.717) is 6.42 Å². The molecule has 0 unspecified atom stereocenters. The molecule has 3 aromatic rings. The van der Waals surface area contributed by atoms with Crippen molar-refractivity contribution in [2.75, 3.05) is 12.4 Å². The number of carbonyl (C=O) groups excluding carboxylic acids is 1. The van der Waals surface area contributed by atoms with Crippen molar-refractivity contribution in [3.8, 4) is 11.8 Å². The molecular weight excluding hydrogens is 587 g/mol. The SMILES string of the molecule is COc1cc(C(=O)O)ccc1NC(=O)[C@@H](Cc1cccc(Cl)c1F)N[C@@H](CC(C)(C)C)[C@H](C#N)c1ccc(Cl)cc1F. The van der Waals surface area contributed by atoms with E-state index in [1.165, 1.54) is 49.6 Å². The van der Waals surface area contributed by atoms with E-state index in [2.05, 4.69) is 16.7 Å². The highest BCUT2D eigenvalue weighted by atomic mass is 35.5. The summed E-state index contributed by atoms with van der Waals surface area (Å²) in [6, 6.07) is 12.7. The number of carboxylic acids is 1. The lowest BCUT2D eigenvalue weighted by atomic mass is 9.80. The molecule has 0 aliphatic carbocycles. The molecule has 3 aromatic carbocycles. The third-order valence-corrected chi connectivity index (χ3v) is 7.09. The maximum Gasteiger partial charge on any atom is 0.335 e. The fourth-order valence-electron chi connectivity index (χ4n) is 4.62. The van der Waals surface area contributed by atoms with Crippen molar-refractivity contribution in [2.24, 2.45) is 5.41 Å². The first-order valence-electron chi connectivity index (χ1n) is 13.0. The maximum absolute atomic E-state index is 15.0. The minimum absolute atomic E-state index is 0.0485. The number of hydrogen-bond donors (Lipinski definition) is 3. The molecule has 0 aromatic heterocycles. The molecule has 0 radical (unpaired) electrons. The zero-order valence-corrected chi connectivity index (χ0v) is 25.0. The summed E-state index contributed by atoms with van der Waals surface area (Å²) in [5.74, 6) is -4.10. The summed E-state index contributed by atoms with van der Waals surface area (Å²) in [5.41, 5.74) is 0.00609. The molecule has 3 rings (SSSR count). The Morgan fingerprint density at radius 3 is 2.40 bits per heavy atom. The Kier molecular flexibility index (Phi) is 10.9. The summed E-state index contributed by atoms with van der Waals surface area (Å²) in [6.07, 6.45) is 0.168. The number of carboxylic acid groups (broad SMARTS) is 1. The average Bonchev–Trinajstić information content (AvgIpc) is 2.91. The van der Waals surface area contributed by atoms with Gasteiger partial charge in [-0.05, 0) is 60.2 Å². The van der Waals surface area contributed by atoms with Crippen LogP contribution in [0, 0.1) is 28.4 Å². The predicted molar refractivity (Wildman–Crippen MR) is 158 cm³/mol. The van der Waals surface area contributed by atoms with Crippen molar-refractivity contribution >= 4 is 40.8 Å². The van der Waals surface area contributed by atoms with E-state index in [-0.39, 0.29) is 50.0 Å². The van der Waals surface area contributed by atoms with E-state index in [9.17, 15) is 24.3 Å². The second kappa shape index (κ2) is 14.0. The first-order valence-corrected chi connectivity index (χ1v) is 13.8. The number of nitrogens with zero attached hydrogens (tertiary/aromatic N) is 1. The number of carbonyl (C=O) groups is 2. The van der Waals surface area contributed by atoms with Gasteiger partial charge in [0.25, 0.3) is 0 Å². The van der Waals surface area contributed by atoms with Crippen LogP contribution in [0.5, 0.6) is 5.75 Å². The number of benzene rings is 3. The third-order valence-electron chi connectivity index (χ3n) is 6.57. The van der Waals surface area contributed by atoms with Gasteiger partial charge in [-0.3, -0.25) is 4.79 Å². The van der Waals surface area contributed by atoms with Crippen LogP contribution in [0.2, 0.25) is 10.0 Å². The Morgan fingerprint density at radius 2 is 1.81 bits per heavy atom. The third kappa shape index (κ3) is 8.41. The molecule has 222 valence electrons. The van der Waals surface area contributed by atoms with Gasteiger partial charge in [0, 0.05) is 16.6 Å². The van der Waals surface area contributed by atoms with E-state index < -0.39 is 41.5 Å². The lowest BCUT2D eigenvalue weighted by molar-refractivity contribution is -0.118. The van der Waals surface area contributed by atoms with Crippen molar-refractivity contribution < 1.29 is 28.2 Å². The average molecular weight is 619 g/mol. The van der Waals surface area contributed by atoms with Crippen LogP contribution in [0.15, 0.2) is 54.6 Å². The molecule has 42 heavy (non-hydrogen) atoms. The molecule has 0 aliphatic rings. The lowest BCUT2D eigenvalue weighted by Crippen LogP contribution is -2.50. The van der Waals surface area contributed by atoms with Crippen LogP contribution in [0.25, 0.3) is 0 Å². The van der Waals surface area contributed by atoms with Gasteiger partial charge in [-0.2, -0.15) is 5.26 Å². The number of nitriles is 1. The van der Waals surface area contributed by atoms with E-state index in [0.717, 1.165) is 6.07 Å². The summed E-state index contributed by atoms with van der Waals surface area (Å²) >= 11 is 11.9. The summed E-state index contributed by atoms with van der Waals surface area (Å²) in [5, 5.41) is 25.5. The highest BCUT2D eigenvalue weighted by Crippen LogP contribution is 2.33. The number of halogens is 4. The number of methoxy groups -OCH3 is 1. The van der Waals surface area contributed by atoms with Crippen LogP contribution in [-0.4, -0.2) is 36.2 Å². The molecule has 0 saturated carbocycles. The van der Waals surface area contributed by atoms with Gasteiger partial charge < -0.3 is 20.5 Å². The Balaban J connectivity index is 2.06. The fraction of sp³-hybridized carbons (Fsp3) is 0.323. The summed E-state index contributed by atoms with van der Waals surface area (Å²) < 4.78 is 35.3. The van der Waals surface area contributed by atoms with Crippen molar-refractivity contribution in [2.45, 2.75) is 51.6 Å². The monoisotopic (exact) mass is 617 g/mol. The maximum atomic E-state index is 15.0. The van der Waals surface area contributed by atoms with Crippen LogP contribution in [0.3, 0.4) is 0 Å². The predicted octanol–water partition coefficient (Wildman–Crippen LogP) is 7.23.